The van der Waals surface area contributed by atoms with Gasteiger partial charge in [0, 0.05) is 35.4 Å². The van der Waals surface area contributed by atoms with Crippen LogP contribution in [0.25, 0.3) is 0 Å². The molecule has 8 heteroatoms. The summed E-state index contributed by atoms with van der Waals surface area (Å²) in [6.45, 7) is 0.572. The Balaban J connectivity index is 1.45. The fourth-order valence-electron chi connectivity index (χ4n) is 3.24. The zero-order valence-electron chi connectivity index (χ0n) is 15.7. The molecule has 0 radical (unpaired) electrons. The highest BCUT2D eigenvalue weighted by Gasteiger charge is 2.26. The summed E-state index contributed by atoms with van der Waals surface area (Å²) in [7, 11) is 0. The smallest absolute Gasteiger partial charge is 0.319 e. The Hall–Kier alpha value is -3.06. The van der Waals surface area contributed by atoms with Gasteiger partial charge in [0.15, 0.2) is 0 Å². The number of urea groups is 1. The quantitative estimate of drug-likeness (QED) is 0.693. The summed E-state index contributed by atoms with van der Waals surface area (Å²) in [5.41, 5.74) is 2.12. The molecule has 4 amide bonds. The van der Waals surface area contributed by atoms with Crippen LogP contribution in [0.1, 0.15) is 36.0 Å². The van der Waals surface area contributed by atoms with Crippen molar-refractivity contribution in [1.29, 1.82) is 0 Å². The van der Waals surface area contributed by atoms with Crippen LogP contribution in [0, 0.1) is 0 Å². The van der Waals surface area contributed by atoms with Gasteiger partial charge in [-0.1, -0.05) is 11.6 Å². The fourth-order valence-corrected chi connectivity index (χ4v) is 3.40. The van der Waals surface area contributed by atoms with Crippen molar-refractivity contribution in [2.75, 3.05) is 22.1 Å². The Kier molecular flexibility index (Phi) is 5.40. The van der Waals surface area contributed by atoms with E-state index in [1.165, 1.54) is 0 Å². The standard InChI is InChI=1S/C21H21ClN4O3/c22-13-3-10-17(18(12-13)26-11-1-2-19(26)27)20(28)23-14-4-6-15(7-5-14)24-21(29)25-16-8-9-16/h3-7,10,12,16H,1-2,8-9,11H2,(H,23,28)(H2,24,25,29). The Bertz CT molecular complexity index is 957. The van der Waals surface area contributed by atoms with Crippen LogP contribution in [0.3, 0.4) is 0 Å². The zero-order chi connectivity index (χ0) is 20.4. The first kappa shape index (κ1) is 19.3. The van der Waals surface area contributed by atoms with Gasteiger partial charge in [-0.25, -0.2) is 4.79 Å². The van der Waals surface area contributed by atoms with Crippen molar-refractivity contribution in [3.05, 3.63) is 53.1 Å². The van der Waals surface area contributed by atoms with E-state index >= 15 is 0 Å². The lowest BCUT2D eigenvalue weighted by Gasteiger charge is -2.20. The molecule has 150 valence electrons. The summed E-state index contributed by atoms with van der Waals surface area (Å²) >= 11 is 6.09. The summed E-state index contributed by atoms with van der Waals surface area (Å²) < 4.78 is 0. The molecule has 2 aliphatic rings. The minimum Gasteiger partial charge on any atom is -0.335 e. The maximum atomic E-state index is 12.8. The van der Waals surface area contributed by atoms with E-state index < -0.39 is 0 Å². The molecule has 1 aliphatic heterocycles. The van der Waals surface area contributed by atoms with Crippen molar-refractivity contribution >= 4 is 46.5 Å². The van der Waals surface area contributed by atoms with E-state index in [-0.39, 0.29) is 23.9 Å². The molecule has 1 saturated heterocycles. The number of anilines is 3. The second-order valence-corrected chi connectivity index (χ2v) is 7.65. The molecule has 2 fully saturated rings. The van der Waals surface area contributed by atoms with Gasteiger partial charge in [-0.2, -0.15) is 0 Å². The molecule has 2 aromatic carbocycles. The Morgan fingerprint density at radius 1 is 1.00 bits per heavy atom. The van der Waals surface area contributed by atoms with Crippen molar-refractivity contribution in [3.63, 3.8) is 0 Å². The van der Waals surface area contributed by atoms with Crippen LogP contribution in [0.2, 0.25) is 5.02 Å². The van der Waals surface area contributed by atoms with E-state index in [1.807, 2.05) is 0 Å². The van der Waals surface area contributed by atoms with E-state index in [0.717, 1.165) is 19.3 Å². The highest BCUT2D eigenvalue weighted by molar-refractivity contribution is 6.31. The lowest BCUT2D eigenvalue weighted by molar-refractivity contribution is -0.117. The van der Waals surface area contributed by atoms with Crippen LogP contribution in [0.5, 0.6) is 0 Å². The van der Waals surface area contributed by atoms with Gasteiger partial charge >= 0.3 is 6.03 Å². The molecule has 0 unspecified atom stereocenters. The summed E-state index contributed by atoms with van der Waals surface area (Å²) in [5.74, 6) is -0.343. The minimum absolute atomic E-state index is 0.0128. The van der Waals surface area contributed by atoms with Gasteiger partial charge in [0.05, 0.1) is 11.3 Å². The first-order valence-corrected chi connectivity index (χ1v) is 9.96. The number of hydrogen-bond donors (Lipinski definition) is 3. The van der Waals surface area contributed by atoms with Crippen LogP contribution in [-0.2, 0) is 4.79 Å². The monoisotopic (exact) mass is 412 g/mol. The lowest BCUT2D eigenvalue weighted by atomic mass is 10.1. The fraction of sp³-hybridized carbons (Fsp3) is 0.286. The van der Waals surface area contributed by atoms with Crippen LogP contribution < -0.4 is 20.9 Å². The third-order valence-corrected chi connectivity index (χ3v) is 5.12. The van der Waals surface area contributed by atoms with E-state index in [1.54, 1.807) is 47.4 Å². The largest absolute Gasteiger partial charge is 0.335 e. The van der Waals surface area contributed by atoms with Gasteiger partial charge < -0.3 is 20.9 Å². The van der Waals surface area contributed by atoms with Gasteiger partial charge in [-0.15, -0.1) is 0 Å². The van der Waals surface area contributed by atoms with Crippen molar-refractivity contribution in [2.24, 2.45) is 0 Å². The summed E-state index contributed by atoms with van der Waals surface area (Å²) in [5, 5.41) is 8.91. The normalized spacial score (nSPS) is 15.9. The molecule has 0 atom stereocenters. The Morgan fingerprint density at radius 3 is 2.31 bits per heavy atom. The topological polar surface area (TPSA) is 90.5 Å². The number of carbonyl (C=O) groups excluding carboxylic acids is 3. The van der Waals surface area contributed by atoms with Crippen LogP contribution in [0.15, 0.2) is 42.5 Å². The van der Waals surface area contributed by atoms with Gasteiger partial charge in [0.25, 0.3) is 5.91 Å². The Labute approximate surface area is 173 Å². The SMILES string of the molecule is O=C(Nc1ccc(NC(=O)c2ccc(Cl)cc2N2CCCC2=O)cc1)NC1CC1. The number of hydrogen-bond acceptors (Lipinski definition) is 3. The molecule has 1 aliphatic carbocycles. The van der Waals surface area contributed by atoms with E-state index in [9.17, 15) is 14.4 Å². The van der Waals surface area contributed by atoms with E-state index in [2.05, 4.69) is 16.0 Å². The van der Waals surface area contributed by atoms with Crippen LogP contribution in [0.4, 0.5) is 21.9 Å². The predicted octanol–water partition coefficient (Wildman–Crippen LogP) is 4.00. The molecule has 0 bridgehead atoms. The van der Waals surface area contributed by atoms with Gasteiger partial charge in [-0.3, -0.25) is 9.59 Å². The third-order valence-electron chi connectivity index (χ3n) is 4.88. The van der Waals surface area contributed by atoms with Crippen molar-refractivity contribution in [1.82, 2.24) is 5.32 Å². The molecule has 7 nitrogen and oxygen atoms in total. The zero-order valence-corrected chi connectivity index (χ0v) is 16.5. The highest BCUT2D eigenvalue weighted by atomic mass is 35.5. The second kappa shape index (κ2) is 8.13. The first-order chi connectivity index (χ1) is 14.0. The maximum absolute atomic E-state index is 12.8. The van der Waals surface area contributed by atoms with E-state index in [4.69, 9.17) is 11.6 Å². The van der Waals surface area contributed by atoms with Crippen molar-refractivity contribution < 1.29 is 14.4 Å². The molecule has 2 aromatic rings. The van der Waals surface area contributed by atoms with Crippen LogP contribution in [-0.4, -0.2) is 30.4 Å². The minimum atomic E-state index is -0.330. The maximum Gasteiger partial charge on any atom is 0.319 e. The van der Waals surface area contributed by atoms with Gasteiger partial charge in [0.2, 0.25) is 5.91 Å². The first-order valence-electron chi connectivity index (χ1n) is 9.58. The molecule has 1 heterocycles. The number of benzene rings is 2. The summed E-state index contributed by atoms with van der Waals surface area (Å²) in [6, 6.07) is 11.8. The molecular weight excluding hydrogens is 392 g/mol. The van der Waals surface area contributed by atoms with Gasteiger partial charge in [-0.05, 0) is 61.7 Å². The molecular formula is C21H21ClN4O3. The Morgan fingerprint density at radius 2 is 1.69 bits per heavy atom. The van der Waals surface area contributed by atoms with Crippen molar-refractivity contribution in [2.45, 2.75) is 31.7 Å². The lowest BCUT2D eigenvalue weighted by Crippen LogP contribution is -2.30. The molecule has 1 saturated carbocycles. The van der Waals surface area contributed by atoms with Gasteiger partial charge in [0.1, 0.15) is 0 Å². The number of rotatable bonds is 5. The summed E-state index contributed by atoms with van der Waals surface area (Å²) in [4.78, 5) is 38.4. The third kappa shape index (κ3) is 4.68. The number of amides is 4. The number of carbonyl (C=O) groups is 3. The molecule has 29 heavy (non-hydrogen) atoms. The predicted molar refractivity (Wildman–Crippen MR) is 113 cm³/mol. The van der Waals surface area contributed by atoms with Crippen molar-refractivity contribution in [3.8, 4) is 0 Å². The molecule has 4 rings (SSSR count). The number of nitrogens with zero attached hydrogens (tertiary/aromatic N) is 1. The average Bonchev–Trinajstić information content (AvgIpc) is 3.40. The summed E-state index contributed by atoms with van der Waals surface area (Å²) in [6.07, 6.45) is 3.27. The number of halogens is 1. The highest BCUT2D eigenvalue weighted by Crippen LogP contribution is 2.29. The molecule has 3 N–H and O–H groups in total. The van der Waals surface area contributed by atoms with Crippen LogP contribution >= 0.6 is 11.6 Å². The molecule has 0 spiro atoms. The second-order valence-electron chi connectivity index (χ2n) is 7.21. The van der Waals surface area contributed by atoms with E-state index in [0.29, 0.717) is 40.6 Å². The number of nitrogens with one attached hydrogen (secondary N) is 3. The molecule has 0 aromatic heterocycles. The average molecular weight is 413 g/mol.